The molecule has 70 heavy (non-hydrogen) atoms. The number of imidazole rings is 2. The summed E-state index contributed by atoms with van der Waals surface area (Å²) >= 11 is 11.9. The van der Waals surface area contributed by atoms with Gasteiger partial charge in [-0.25, -0.2) is 28.7 Å². The highest BCUT2D eigenvalue weighted by atomic mass is 35.5. The fourth-order valence-electron chi connectivity index (χ4n) is 7.34. The van der Waals surface area contributed by atoms with Gasteiger partial charge in [0.15, 0.2) is 0 Å². The summed E-state index contributed by atoms with van der Waals surface area (Å²) in [5.41, 5.74) is 17.3. The molecule has 372 valence electrons. The van der Waals surface area contributed by atoms with Crippen LogP contribution >= 0.6 is 50.2 Å². The first kappa shape index (κ1) is 54.8. The van der Waals surface area contributed by atoms with Crippen molar-refractivity contribution in [3.8, 4) is 11.6 Å². The number of ether oxygens (including phenoxy) is 2. The van der Waals surface area contributed by atoms with Crippen LogP contribution in [0.15, 0.2) is 79.0 Å². The van der Waals surface area contributed by atoms with E-state index < -0.39 is 35.5 Å². The van der Waals surface area contributed by atoms with Crippen LogP contribution in [0.25, 0.3) is 22.1 Å². The second-order valence-corrected chi connectivity index (χ2v) is 16.8. The molecule has 0 spiro atoms. The van der Waals surface area contributed by atoms with Gasteiger partial charge in [-0.2, -0.15) is 37.0 Å². The first-order valence-electron chi connectivity index (χ1n) is 21.5. The maximum atomic E-state index is 13.8. The van der Waals surface area contributed by atoms with Gasteiger partial charge in [0.2, 0.25) is 11.9 Å². The quantitative estimate of drug-likeness (QED) is 0.0389. The van der Waals surface area contributed by atoms with Gasteiger partial charge in [-0.1, -0.05) is 28.3 Å². The van der Waals surface area contributed by atoms with Gasteiger partial charge in [0, 0.05) is 95.9 Å². The van der Waals surface area contributed by atoms with Crippen LogP contribution in [0.5, 0.6) is 0 Å². The SMILES string of the molecule is Cc1cnc(NC2CCOCC2)nc1-n1cnc(C(=O)N[C@H](CN)c2cc(F)cc(Cl)c2)c1.Cc1cnc(NC2CCOCC2)nc1-n1cnc(C(=O)N[C@H](CN=[N+]=[N-])c2cc(F)cc(Cl)c2)c1.S.S. The summed E-state index contributed by atoms with van der Waals surface area (Å²) in [5.74, 6) is 0.122. The van der Waals surface area contributed by atoms with Crippen LogP contribution in [0.3, 0.4) is 0 Å². The molecule has 26 heteroatoms. The summed E-state index contributed by atoms with van der Waals surface area (Å²) < 4.78 is 41.6. The highest BCUT2D eigenvalue weighted by Crippen LogP contribution is 2.24. The molecule has 2 amide bonds. The summed E-state index contributed by atoms with van der Waals surface area (Å²) in [5, 5.41) is 16.1. The third-order valence-electron chi connectivity index (χ3n) is 10.9. The van der Waals surface area contributed by atoms with E-state index in [9.17, 15) is 18.4 Å². The van der Waals surface area contributed by atoms with Crippen LogP contribution in [0.4, 0.5) is 20.7 Å². The van der Waals surface area contributed by atoms with Gasteiger partial charge in [-0.05, 0) is 92.6 Å². The highest BCUT2D eigenvalue weighted by Gasteiger charge is 2.22. The van der Waals surface area contributed by atoms with Crippen molar-refractivity contribution in [2.45, 2.75) is 63.7 Å². The lowest BCUT2D eigenvalue weighted by Gasteiger charge is -2.23. The number of aromatic nitrogens is 8. The molecule has 6 heterocycles. The molecule has 8 rings (SSSR count). The van der Waals surface area contributed by atoms with Gasteiger partial charge in [0.05, 0.1) is 18.6 Å². The number of rotatable bonds is 15. The molecule has 0 saturated carbocycles. The van der Waals surface area contributed by atoms with E-state index in [4.69, 9.17) is 43.9 Å². The second kappa shape index (κ2) is 26.2. The van der Waals surface area contributed by atoms with E-state index in [0.29, 0.717) is 61.1 Å². The number of hydrogen-bond acceptors (Lipinski definition) is 14. The molecule has 2 saturated heterocycles. The molecule has 2 fully saturated rings. The Balaban J connectivity index is 0.000000254. The van der Waals surface area contributed by atoms with E-state index in [1.165, 1.54) is 43.1 Å². The van der Waals surface area contributed by atoms with Gasteiger partial charge < -0.3 is 36.5 Å². The lowest BCUT2D eigenvalue weighted by atomic mass is 10.1. The number of aryl methyl sites for hydroxylation is 2. The first-order valence-corrected chi connectivity index (χ1v) is 22.3. The molecule has 2 aliphatic rings. The molecule has 4 aromatic heterocycles. The maximum Gasteiger partial charge on any atom is 0.272 e. The summed E-state index contributed by atoms with van der Waals surface area (Å²) in [6.45, 7) is 6.48. The van der Waals surface area contributed by atoms with E-state index >= 15 is 0 Å². The van der Waals surface area contributed by atoms with E-state index in [1.54, 1.807) is 33.8 Å². The maximum absolute atomic E-state index is 13.8. The molecule has 0 aliphatic carbocycles. The van der Waals surface area contributed by atoms with E-state index in [-0.39, 0.29) is 73.6 Å². The number of azide groups is 1. The minimum Gasteiger partial charge on any atom is -0.381 e. The van der Waals surface area contributed by atoms with Crippen molar-refractivity contribution in [1.82, 2.24) is 49.7 Å². The minimum atomic E-state index is -0.798. The monoisotopic (exact) mass is 1040 g/mol. The number of carbonyl (C=O) groups excluding carboxylic acids is 2. The fraction of sp³-hybridized carbons (Fsp3) is 0.364. The Morgan fingerprint density at radius 3 is 1.59 bits per heavy atom. The van der Waals surface area contributed by atoms with Crippen molar-refractivity contribution in [3.05, 3.63) is 140 Å². The molecule has 20 nitrogen and oxygen atoms in total. The van der Waals surface area contributed by atoms with Gasteiger partial charge in [0.1, 0.15) is 47.3 Å². The standard InChI is InChI=1S/C22H23ClFN9O2.C22H25ClFN7O2.2H2S/c1-13-9-26-22(29-17-2-4-35-5-3-17)31-20(13)33-11-19(27-12-33)21(34)30-18(10-28-32-25)14-6-15(23)8-16(24)7-14;1-13-10-26-22(28-17-2-4-33-5-3-17)30-20(13)31-11-19(27-12-31)21(32)29-18(9-25)14-6-15(23)8-16(24)7-14;;/h6-9,11-12,17-18H,2-5,10H2,1H3,(H,30,34)(H,26,29,31);6-8,10-12,17-18H,2-5,9,25H2,1H3,(H,29,32)(H,26,28,30);2*1H2/t2*18-;;/m11../s1. The number of anilines is 2. The van der Waals surface area contributed by atoms with Crippen LogP contribution in [0, 0.1) is 25.5 Å². The third-order valence-corrected chi connectivity index (χ3v) is 11.3. The number of nitrogens with one attached hydrogen (secondary N) is 4. The molecule has 2 aromatic carbocycles. The Bertz CT molecular complexity index is 2730. The predicted octanol–water partition coefficient (Wildman–Crippen LogP) is 7.15. The van der Waals surface area contributed by atoms with Crippen LogP contribution in [0.2, 0.25) is 10.0 Å². The summed E-state index contributed by atoms with van der Waals surface area (Å²) in [7, 11) is 0. The molecule has 2 aliphatic heterocycles. The van der Waals surface area contributed by atoms with Crippen molar-refractivity contribution in [2.24, 2.45) is 10.8 Å². The number of halogens is 4. The number of carbonyl (C=O) groups is 2. The lowest BCUT2D eigenvalue weighted by molar-refractivity contribution is 0.0902. The zero-order valence-electron chi connectivity index (χ0n) is 38.0. The molecule has 0 unspecified atom stereocenters. The predicted molar refractivity (Wildman–Crippen MR) is 270 cm³/mol. The molecule has 6 N–H and O–H groups in total. The normalized spacial score (nSPS) is 14.6. The smallest absolute Gasteiger partial charge is 0.272 e. The topological polar surface area (TPSA) is 263 Å². The summed E-state index contributed by atoms with van der Waals surface area (Å²) in [6, 6.07) is 6.98. The van der Waals surface area contributed by atoms with Crippen LogP contribution in [-0.2, 0) is 9.47 Å². The van der Waals surface area contributed by atoms with E-state index in [2.05, 4.69) is 61.2 Å². The van der Waals surface area contributed by atoms with Crippen LogP contribution in [-0.4, -0.2) is 102 Å². The van der Waals surface area contributed by atoms with Crippen LogP contribution in [0.1, 0.15) is 81.0 Å². The van der Waals surface area contributed by atoms with Crippen molar-refractivity contribution in [2.75, 3.05) is 50.2 Å². The zero-order chi connectivity index (χ0) is 48.2. The summed E-state index contributed by atoms with van der Waals surface area (Å²) in [6.07, 6.45) is 13.0. The molecular weight excluding hydrogens is 990 g/mol. The fourth-order valence-corrected chi connectivity index (χ4v) is 7.80. The van der Waals surface area contributed by atoms with Gasteiger partial charge >= 0.3 is 0 Å². The highest BCUT2D eigenvalue weighted by molar-refractivity contribution is 7.59. The first-order chi connectivity index (χ1) is 32.8. The number of hydrogen-bond donors (Lipinski definition) is 5. The molecule has 6 aromatic rings. The number of amides is 2. The Morgan fingerprint density at radius 2 is 1.17 bits per heavy atom. The molecular formula is C44H52Cl2F2N16O4S2. The van der Waals surface area contributed by atoms with Gasteiger partial charge in [-0.3, -0.25) is 18.7 Å². The number of nitrogens with two attached hydrogens (primary N) is 1. The average Bonchev–Trinajstić information content (AvgIpc) is 4.03. The molecule has 0 radical (unpaired) electrons. The average molecular weight is 1040 g/mol. The van der Waals surface area contributed by atoms with Crippen LogP contribution < -0.4 is 27.0 Å². The zero-order valence-corrected chi connectivity index (χ0v) is 41.5. The third kappa shape index (κ3) is 14.9. The Labute approximate surface area is 425 Å². The number of nitrogens with zero attached hydrogens (tertiary/aromatic N) is 11. The van der Waals surface area contributed by atoms with E-state index in [0.717, 1.165) is 42.9 Å². The number of benzene rings is 2. The Kier molecular flexibility index (Phi) is 20.5. The van der Waals surface area contributed by atoms with Gasteiger partial charge in [-0.15, -0.1) is 0 Å². The Morgan fingerprint density at radius 1 is 0.743 bits per heavy atom. The largest absolute Gasteiger partial charge is 0.381 e. The van der Waals surface area contributed by atoms with Crippen molar-refractivity contribution >= 4 is 73.9 Å². The van der Waals surface area contributed by atoms with Crippen molar-refractivity contribution in [3.63, 3.8) is 0 Å². The molecule has 0 bridgehead atoms. The van der Waals surface area contributed by atoms with Crippen molar-refractivity contribution < 1.29 is 27.8 Å². The summed E-state index contributed by atoms with van der Waals surface area (Å²) in [4.78, 5) is 54.8. The minimum absolute atomic E-state index is 0. The lowest BCUT2D eigenvalue weighted by Crippen LogP contribution is -2.33. The molecule has 2 atom stereocenters. The Hall–Kier alpha value is -6.11. The van der Waals surface area contributed by atoms with E-state index in [1.807, 2.05) is 13.8 Å². The second-order valence-electron chi connectivity index (χ2n) is 15.9. The van der Waals surface area contributed by atoms with Gasteiger partial charge in [0.25, 0.3) is 11.8 Å². The van der Waals surface area contributed by atoms with Crippen molar-refractivity contribution in [1.29, 1.82) is 0 Å².